The minimum absolute atomic E-state index is 0.574. The van der Waals surface area contributed by atoms with Crippen LogP contribution < -0.4 is 5.32 Å². The summed E-state index contributed by atoms with van der Waals surface area (Å²) in [5.74, 6) is -2.40. The van der Waals surface area contributed by atoms with Crippen LogP contribution in [-0.4, -0.2) is 5.76 Å². The molecular formula is C16H17F2NS. The van der Waals surface area contributed by atoms with Crippen molar-refractivity contribution in [2.24, 2.45) is 0 Å². The maximum atomic E-state index is 12.5. The van der Waals surface area contributed by atoms with Gasteiger partial charge >= 0.3 is 0 Å². The van der Waals surface area contributed by atoms with Crippen LogP contribution in [0.25, 0.3) is 0 Å². The van der Waals surface area contributed by atoms with E-state index in [1.165, 1.54) is 11.1 Å². The van der Waals surface area contributed by atoms with Crippen molar-refractivity contribution < 1.29 is 8.78 Å². The highest BCUT2D eigenvalue weighted by Crippen LogP contribution is 2.31. The van der Waals surface area contributed by atoms with Gasteiger partial charge in [-0.2, -0.15) is 8.78 Å². The normalized spacial score (nSPS) is 10.8. The van der Waals surface area contributed by atoms with Gasteiger partial charge in [0.2, 0.25) is 0 Å². The first kappa shape index (κ1) is 14.9. The third-order valence-corrected chi connectivity index (χ3v) is 3.86. The second kappa shape index (κ2) is 7.29. The zero-order chi connectivity index (χ0) is 14.4. The van der Waals surface area contributed by atoms with Crippen LogP contribution in [0.15, 0.2) is 53.4 Å². The average Bonchev–Trinajstić information content (AvgIpc) is 2.46. The van der Waals surface area contributed by atoms with Gasteiger partial charge in [0.05, 0.1) is 0 Å². The molecule has 0 amide bonds. The van der Waals surface area contributed by atoms with Gasteiger partial charge in [0, 0.05) is 17.1 Å². The molecule has 1 nitrogen and oxygen atoms in total. The topological polar surface area (TPSA) is 12.0 Å². The predicted octanol–water partition coefficient (Wildman–Crippen LogP) is 5.18. The number of alkyl halides is 2. The molecule has 4 heteroatoms. The molecule has 0 unspecified atom stereocenters. The fourth-order valence-electron chi connectivity index (χ4n) is 2.08. The van der Waals surface area contributed by atoms with Crippen LogP contribution in [0.4, 0.5) is 14.5 Å². The van der Waals surface area contributed by atoms with Crippen molar-refractivity contribution in [3.05, 3.63) is 59.7 Å². The molecule has 0 aromatic heterocycles. The Bertz CT molecular complexity index is 558. The van der Waals surface area contributed by atoms with E-state index in [-0.39, 0.29) is 0 Å². The number of anilines is 1. The first-order chi connectivity index (χ1) is 9.70. The summed E-state index contributed by atoms with van der Waals surface area (Å²) in [4.78, 5) is 0.580. The second-order valence-electron chi connectivity index (χ2n) is 4.35. The minimum Gasteiger partial charge on any atom is -0.380 e. The standard InChI is InChI=1S/C16H17F2NS/c1-2-12-7-3-4-8-13(12)11-19-14-9-5-6-10-15(14)20-16(17)18/h3-10,16,19H,2,11H2,1H3. The van der Waals surface area contributed by atoms with Crippen LogP contribution in [0, 0.1) is 0 Å². The van der Waals surface area contributed by atoms with Crippen molar-refractivity contribution >= 4 is 17.4 Å². The Hall–Kier alpha value is -1.55. The second-order valence-corrected chi connectivity index (χ2v) is 5.38. The molecule has 0 aliphatic heterocycles. The lowest BCUT2D eigenvalue weighted by Gasteiger charge is -2.13. The van der Waals surface area contributed by atoms with Crippen LogP contribution in [0.1, 0.15) is 18.1 Å². The molecule has 106 valence electrons. The van der Waals surface area contributed by atoms with Crippen molar-refractivity contribution in [2.45, 2.75) is 30.5 Å². The first-order valence-corrected chi connectivity index (χ1v) is 7.43. The molecule has 2 aromatic rings. The van der Waals surface area contributed by atoms with E-state index in [9.17, 15) is 8.78 Å². The molecule has 0 aliphatic rings. The molecule has 0 fully saturated rings. The van der Waals surface area contributed by atoms with Gasteiger partial charge in [-0.3, -0.25) is 0 Å². The molecule has 0 heterocycles. The Kier molecular flexibility index (Phi) is 5.41. The van der Waals surface area contributed by atoms with Crippen LogP contribution >= 0.6 is 11.8 Å². The van der Waals surface area contributed by atoms with Crippen molar-refractivity contribution in [2.75, 3.05) is 5.32 Å². The Balaban J connectivity index is 2.11. The molecule has 0 aliphatic carbocycles. The molecule has 1 N–H and O–H groups in total. The highest BCUT2D eigenvalue weighted by atomic mass is 32.2. The van der Waals surface area contributed by atoms with Gasteiger partial charge in [0.25, 0.3) is 5.76 Å². The number of hydrogen-bond donors (Lipinski definition) is 1. The zero-order valence-corrected chi connectivity index (χ0v) is 12.1. The van der Waals surface area contributed by atoms with Gasteiger partial charge in [-0.05, 0) is 29.7 Å². The van der Waals surface area contributed by atoms with Gasteiger partial charge in [-0.25, -0.2) is 0 Å². The summed E-state index contributed by atoms with van der Waals surface area (Å²) < 4.78 is 25.0. The zero-order valence-electron chi connectivity index (χ0n) is 11.3. The molecular weight excluding hydrogens is 276 g/mol. The molecule has 0 bridgehead atoms. The SMILES string of the molecule is CCc1ccccc1CNc1ccccc1SC(F)F. The van der Waals surface area contributed by atoms with E-state index in [4.69, 9.17) is 0 Å². The molecule has 20 heavy (non-hydrogen) atoms. The van der Waals surface area contributed by atoms with E-state index in [1.807, 2.05) is 24.3 Å². The van der Waals surface area contributed by atoms with Crippen LogP contribution in [0.3, 0.4) is 0 Å². The largest absolute Gasteiger partial charge is 0.380 e. The molecule has 2 aromatic carbocycles. The summed E-state index contributed by atoms with van der Waals surface area (Å²) in [6.07, 6.45) is 0.964. The average molecular weight is 293 g/mol. The highest BCUT2D eigenvalue weighted by Gasteiger charge is 2.09. The number of rotatable bonds is 6. The molecule has 2 rings (SSSR count). The third-order valence-electron chi connectivity index (χ3n) is 3.07. The summed E-state index contributed by atoms with van der Waals surface area (Å²) in [6.45, 7) is 2.75. The van der Waals surface area contributed by atoms with Crippen LogP contribution in [-0.2, 0) is 13.0 Å². The molecule has 0 spiro atoms. The van der Waals surface area contributed by atoms with Crippen molar-refractivity contribution in [3.8, 4) is 0 Å². The number of nitrogens with one attached hydrogen (secondary N) is 1. The molecule has 0 radical (unpaired) electrons. The third kappa shape index (κ3) is 3.97. The number of halogens is 2. The Labute approximate surface area is 122 Å². The van der Waals surface area contributed by atoms with E-state index in [2.05, 4.69) is 24.4 Å². The van der Waals surface area contributed by atoms with E-state index >= 15 is 0 Å². The van der Waals surface area contributed by atoms with Gasteiger partial charge in [0.1, 0.15) is 0 Å². The smallest absolute Gasteiger partial charge is 0.288 e. The Morgan fingerprint density at radius 2 is 1.65 bits per heavy atom. The summed E-state index contributed by atoms with van der Waals surface area (Å²) in [5, 5.41) is 3.26. The number of benzene rings is 2. The summed E-state index contributed by atoms with van der Waals surface area (Å²) in [6, 6.07) is 15.3. The van der Waals surface area contributed by atoms with Crippen molar-refractivity contribution in [1.29, 1.82) is 0 Å². The van der Waals surface area contributed by atoms with Gasteiger partial charge in [-0.15, -0.1) is 0 Å². The first-order valence-electron chi connectivity index (χ1n) is 6.55. The fraction of sp³-hybridized carbons (Fsp3) is 0.250. The van der Waals surface area contributed by atoms with Gasteiger partial charge in [-0.1, -0.05) is 55.1 Å². The van der Waals surface area contributed by atoms with E-state index in [1.54, 1.807) is 12.1 Å². The Morgan fingerprint density at radius 3 is 2.35 bits per heavy atom. The lowest BCUT2D eigenvalue weighted by molar-refractivity contribution is 0.252. The molecule has 0 saturated carbocycles. The van der Waals surface area contributed by atoms with Crippen LogP contribution in [0.2, 0.25) is 0 Å². The summed E-state index contributed by atoms with van der Waals surface area (Å²) in [5.41, 5.74) is 3.23. The monoisotopic (exact) mass is 293 g/mol. The Morgan fingerprint density at radius 1 is 1.00 bits per heavy atom. The van der Waals surface area contributed by atoms with E-state index in [0.717, 1.165) is 12.1 Å². The quantitative estimate of drug-likeness (QED) is 0.737. The maximum Gasteiger partial charge on any atom is 0.288 e. The summed E-state index contributed by atoms with van der Waals surface area (Å²) >= 11 is 0.574. The number of aryl methyl sites for hydroxylation is 1. The number of para-hydroxylation sites is 1. The molecule has 0 atom stereocenters. The van der Waals surface area contributed by atoms with E-state index < -0.39 is 5.76 Å². The number of thioether (sulfide) groups is 1. The number of hydrogen-bond acceptors (Lipinski definition) is 2. The van der Waals surface area contributed by atoms with Crippen molar-refractivity contribution in [3.63, 3.8) is 0 Å². The van der Waals surface area contributed by atoms with Crippen molar-refractivity contribution in [1.82, 2.24) is 0 Å². The summed E-state index contributed by atoms with van der Waals surface area (Å²) in [7, 11) is 0. The fourth-order valence-corrected chi connectivity index (χ4v) is 2.69. The predicted molar refractivity (Wildman–Crippen MR) is 81.4 cm³/mol. The van der Waals surface area contributed by atoms with Gasteiger partial charge in [0.15, 0.2) is 0 Å². The maximum absolute atomic E-state index is 12.5. The van der Waals surface area contributed by atoms with Gasteiger partial charge < -0.3 is 5.32 Å². The lowest BCUT2D eigenvalue weighted by atomic mass is 10.1. The minimum atomic E-state index is -2.40. The molecule has 0 saturated heterocycles. The van der Waals surface area contributed by atoms with Crippen LogP contribution in [0.5, 0.6) is 0 Å². The lowest BCUT2D eigenvalue weighted by Crippen LogP contribution is -2.03. The highest BCUT2D eigenvalue weighted by molar-refractivity contribution is 7.99. The van der Waals surface area contributed by atoms with E-state index in [0.29, 0.717) is 23.2 Å².